The van der Waals surface area contributed by atoms with Crippen LogP contribution in [0.1, 0.15) is 38.9 Å². The number of aryl methyl sites for hydroxylation is 1. The van der Waals surface area contributed by atoms with E-state index in [4.69, 9.17) is 4.52 Å². The van der Waals surface area contributed by atoms with Gasteiger partial charge in [0.05, 0.1) is 0 Å². The van der Waals surface area contributed by atoms with Crippen molar-refractivity contribution in [3.05, 3.63) is 11.8 Å². The van der Waals surface area contributed by atoms with Crippen molar-refractivity contribution >= 4 is 11.8 Å². The summed E-state index contributed by atoms with van der Waals surface area (Å²) in [5.74, 6) is 1.10. The number of hydrogen-bond acceptors (Lipinski definition) is 4. The van der Waals surface area contributed by atoms with Gasteiger partial charge in [0.2, 0.25) is 0 Å². The van der Waals surface area contributed by atoms with E-state index in [1.54, 1.807) is 13.0 Å². The molecule has 0 bridgehead atoms. The number of urea groups is 1. The van der Waals surface area contributed by atoms with Crippen LogP contribution in [0, 0.1) is 6.92 Å². The van der Waals surface area contributed by atoms with Gasteiger partial charge >= 0.3 is 6.03 Å². The van der Waals surface area contributed by atoms with E-state index < -0.39 is 0 Å². The van der Waals surface area contributed by atoms with Gasteiger partial charge in [0, 0.05) is 18.2 Å². The molecule has 2 amide bonds. The van der Waals surface area contributed by atoms with Crippen molar-refractivity contribution in [3.63, 3.8) is 0 Å². The minimum Gasteiger partial charge on any atom is -0.360 e. The lowest BCUT2D eigenvalue weighted by Crippen LogP contribution is -2.55. The number of nitrogens with one attached hydrogen (secondary N) is 2. The number of hydrazine groups is 1. The number of rotatable bonds is 2. The van der Waals surface area contributed by atoms with Gasteiger partial charge in [-0.1, -0.05) is 11.6 Å². The molecule has 1 saturated heterocycles. The highest BCUT2D eigenvalue weighted by molar-refractivity contribution is 5.87. The van der Waals surface area contributed by atoms with E-state index in [0.29, 0.717) is 23.7 Å². The van der Waals surface area contributed by atoms with Gasteiger partial charge in [-0.2, -0.15) is 0 Å². The fraction of sp³-hybridized carbons (Fsp3) is 0.667. The van der Waals surface area contributed by atoms with Crippen molar-refractivity contribution in [1.82, 2.24) is 15.6 Å². The van der Waals surface area contributed by atoms with Crippen LogP contribution in [0.25, 0.3) is 0 Å². The first-order valence-corrected chi connectivity index (χ1v) is 6.35. The van der Waals surface area contributed by atoms with Crippen LogP contribution in [-0.2, 0) is 0 Å². The number of piperidine rings is 1. The molecule has 100 valence electrons. The van der Waals surface area contributed by atoms with Crippen LogP contribution in [0.15, 0.2) is 10.6 Å². The Kier molecular flexibility index (Phi) is 3.86. The summed E-state index contributed by atoms with van der Waals surface area (Å²) in [7, 11) is 0. The standard InChI is InChI=1S/C12H20N4O2/c1-8-5-4-6-9(2)16(8)14-12(17)13-11-7-10(3)18-15-11/h7-9H,4-6H2,1-3H3,(H2,13,14,15,17)/t8-,9-/m1/s1. The summed E-state index contributed by atoms with van der Waals surface area (Å²) in [6.45, 7) is 6.03. The largest absolute Gasteiger partial charge is 0.360 e. The zero-order valence-electron chi connectivity index (χ0n) is 11.1. The van der Waals surface area contributed by atoms with Crippen molar-refractivity contribution < 1.29 is 9.32 Å². The number of carbonyl (C=O) groups excluding carboxylic acids is 1. The molecule has 2 rings (SSSR count). The first-order chi connectivity index (χ1) is 8.56. The van der Waals surface area contributed by atoms with E-state index in [1.807, 2.05) is 5.01 Å². The highest BCUT2D eigenvalue weighted by Crippen LogP contribution is 2.20. The summed E-state index contributed by atoms with van der Waals surface area (Å²) >= 11 is 0. The van der Waals surface area contributed by atoms with Gasteiger partial charge in [-0.15, -0.1) is 0 Å². The monoisotopic (exact) mass is 252 g/mol. The number of amides is 2. The van der Waals surface area contributed by atoms with E-state index in [2.05, 4.69) is 29.7 Å². The van der Waals surface area contributed by atoms with E-state index in [0.717, 1.165) is 12.8 Å². The lowest BCUT2D eigenvalue weighted by atomic mass is 10.00. The Morgan fingerprint density at radius 1 is 1.44 bits per heavy atom. The molecule has 2 N–H and O–H groups in total. The molecule has 1 aliphatic rings. The zero-order chi connectivity index (χ0) is 13.1. The van der Waals surface area contributed by atoms with Gasteiger partial charge in [0.25, 0.3) is 0 Å². The van der Waals surface area contributed by atoms with Crippen LogP contribution in [0.3, 0.4) is 0 Å². The van der Waals surface area contributed by atoms with Crippen LogP contribution in [-0.4, -0.2) is 28.3 Å². The molecule has 2 heterocycles. The summed E-state index contributed by atoms with van der Waals surface area (Å²) in [6.07, 6.45) is 3.42. The summed E-state index contributed by atoms with van der Waals surface area (Å²) < 4.78 is 4.89. The maximum absolute atomic E-state index is 11.8. The molecule has 1 aromatic heterocycles. The number of aromatic nitrogens is 1. The molecule has 0 unspecified atom stereocenters. The van der Waals surface area contributed by atoms with Gasteiger partial charge < -0.3 is 4.52 Å². The Labute approximate surface area is 107 Å². The summed E-state index contributed by atoms with van der Waals surface area (Å²) in [6, 6.07) is 2.13. The second-order valence-corrected chi connectivity index (χ2v) is 4.92. The van der Waals surface area contributed by atoms with Gasteiger partial charge in [-0.3, -0.25) is 10.7 Å². The third-order valence-electron chi connectivity index (χ3n) is 3.29. The Morgan fingerprint density at radius 3 is 2.67 bits per heavy atom. The summed E-state index contributed by atoms with van der Waals surface area (Å²) in [5, 5.41) is 8.38. The molecule has 1 aromatic rings. The molecule has 1 aliphatic heterocycles. The first-order valence-electron chi connectivity index (χ1n) is 6.35. The Balaban J connectivity index is 1.90. The third kappa shape index (κ3) is 3.01. The maximum atomic E-state index is 11.8. The first kappa shape index (κ1) is 12.9. The molecular weight excluding hydrogens is 232 g/mol. The second-order valence-electron chi connectivity index (χ2n) is 4.92. The lowest BCUT2D eigenvalue weighted by Gasteiger charge is -2.38. The van der Waals surface area contributed by atoms with Crippen LogP contribution in [0.2, 0.25) is 0 Å². The fourth-order valence-electron chi connectivity index (χ4n) is 2.33. The highest BCUT2D eigenvalue weighted by atomic mass is 16.5. The Morgan fingerprint density at radius 2 is 2.11 bits per heavy atom. The van der Waals surface area contributed by atoms with E-state index >= 15 is 0 Å². The molecular formula is C12H20N4O2. The SMILES string of the molecule is Cc1cc(NC(=O)NN2[C@H](C)CCC[C@H]2C)no1. The zero-order valence-corrected chi connectivity index (χ0v) is 11.1. The lowest BCUT2D eigenvalue weighted by molar-refractivity contribution is 0.0625. The van der Waals surface area contributed by atoms with Crippen molar-refractivity contribution in [2.24, 2.45) is 0 Å². The van der Waals surface area contributed by atoms with Crippen LogP contribution in [0.4, 0.5) is 10.6 Å². The minimum atomic E-state index is -0.274. The van der Waals surface area contributed by atoms with Crippen LogP contribution in [0.5, 0.6) is 0 Å². The van der Waals surface area contributed by atoms with E-state index in [-0.39, 0.29) is 6.03 Å². The third-order valence-corrected chi connectivity index (χ3v) is 3.29. The van der Waals surface area contributed by atoms with Crippen molar-refractivity contribution in [1.29, 1.82) is 0 Å². The second kappa shape index (κ2) is 5.39. The van der Waals surface area contributed by atoms with Gasteiger partial charge in [-0.05, 0) is 33.6 Å². The molecule has 6 nitrogen and oxygen atoms in total. The summed E-state index contributed by atoms with van der Waals surface area (Å²) in [4.78, 5) is 11.8. The van der Waals surface area contributed by atoms with Crippen LogP contribution >= 0.6 is 0 Å². The molecule has 1 fully saturated rings. The molecule has 18 heavy (non-hydrogen) atoms. The molecule has 0 radical (unpaired) electrons. The molecule has 0 aliphatic carbocycles. The molecule has 0 spiro atoms. The Hall–Kier alpha value is -1.56. The number of hydrogen-bond donors (Lipinski definition) is 2. The van der Waals surface area contributed by atoms with E-state index in [1.165, 1.54) is 6.42 Å². The average Bonchev–Trinajstić information content (AvgIpc) is 2.69. The normalized spacial score (nSPS) is 24.8. The smallest absolute Gasteiger partial charge is 0.335 e. The average molecular weight is 252 g/mol. The van der Waals surface area contributed by atoms with Crippen LogP contribution < -0.4 is 10.7 Å². The molecule has 0 aromatic carbocycles. The molecule has 2 atom stereocenters. The van der Waals surface area contributed by atoms with Gasteiger partial charge in [-0.25, -0.2) is 9.80 Å². The van der Waals surface area contributed by atoms with Crippen molar-refractivity contribution in [2.75, 3.05) is 5.32 Å². The maximum Gasteiger partial charge on any atom is 0.335 e. The van der Waals surface area contributed by atoms with Crippen molar-refractivity contribution in [3.8, 4) is 0 Å². The predicted molar refractivity (Wildman–Crippen MR) is 68.0 cm³/mol. The Bertz CT molecular complexity index is 408. The molecule has 0 saturated carbocycles. The van der Waals surface area contributed by atoms with Gasteiger partial charge in [0.15, 0.2) is 5.82 Å². The van der Waals surface area contributed by atoms with Gasteiger partial charge in [0.1, 0.15) is 5.76 Å². The number of carbonyl (C=O) groups is 1. The summed E-state index contributed by atoms with van der Waals surface area (Å²) in [5.41, 5.74) is 2.88. The topological polar surface area (TPSA) is 70.4 Å². The highest BCUT2D eigenvalue weighted by Gasteiger charge is 2.26. The van der Waals surface area contributed by atoms with Crippen molar-refractivity contribution in [2.45, 2.75) is 52.1 Å². The number of anilines is 1. The van der Waals surface area contributed by atoms with E-state index in [9.17, 15) is 4.79 Å². The molecule has 6 heteroatoms. The fourth-order valence-corrected chi connectivity index (χ4v) is 2.33. The quantitative estimate of drug-likeness (QED) is 0.847. The number of nitrogens with zero attached hydrogens (tertiary/aromatic N) is 2. The minimum absolute atomic E-state index is 0.274. The predicted octanol–water partition coefficient (Wildman–Crippen LogP) is 2.28.